The summed E-state index contributed by atoms with van der Waals surface area (Å²) in [7, 11) is 1.59. The van der Waals surface area contributed by atoms with E-state index in [-0.39, 0.29) is 17.3 Å². The summed E-state index contributed by atoms with van der Waals surface area (Å²) in [4.78, 5) is 5.54. The van der Waals surface area contributed by atoms with E-state index in [1.54, 1.807) is 19.2 Å². The zero-order valence-corrected chi connectivity index (χ0v) is 10.8. The Morgan fingerprint density at radius 1 is 1.25 bits per heavy atom. The van der Waals surface area contributed by atoms with Gasteiger partial charge in [-0.2, -0.15) is 0 Å². The number of hydrogen-bond donors (Lipinski definition) is 3. The number of rotatable bonds is 3. The SMILES string of the molecule is CN(c1ccc(C(N)=[NH2+])c(N)n1)c1ccc(F)cc1F. The van der Waals surface area contributed by atoms with Crippen LogP contribution in [0.15, 0.2) is 30.3 Å². The number of nitrogens with two attached hydrogens (primary N) is 3. The summed E-state index contributed by atoms with van der Waals surface area (Å²) in [5, 5.41) is 5.45. The van der Waals surface area contributed by atoms with E-state index in [2.05, 4.69) is 4.98 Å². The summed E-state index contributed by atoms with van der Waals surface area (Å²) in [6, 6.07) is 6.46. The van der Waals surface area contributed by atoms with Crippen LogP contribution in [0.4, 0.5) is 26.1 Å². The number of nitrogens with zero attached hydrogens (tertiary/aromatic N) is 2. The number of nitrogen functional groups attached to an aromatic ring is 1. The molecule has 0 aliphatic heterocycles. The molecule has 2 aromatic rings. The third-order valence-electron chi connectivity index (χ3n) is 2.84. The summed E-state index contributed by atoms with van der Waals surface area (Å²) >= 11 is 0. The van der Waals surface area contributed by atoms with E-state index in [0.717, 1.165) is 12.1 Å². The molecule has 20 heavy (non-hydrogen) atoms. The first-order chi connectivity index (χ1) is 9.40. The zero-order valence-electron chi connectivity index (χ0n) is 10.8. The van der Waals surface area contributed by atoms with Crippen LogP contribution >= 0.6 is 0 Å². The van der Waals surface area contributed by atoms with Crippen LogP contribution in [-0.2, 0) is 0 Å². The molecule has 0 bridgehead atoms. The monoisotopic (exact) mass is 278 g/mol. The molecule has 0 radical (unpaired) electrons. The van der Waals surface area contributed by atoms with Crippen molar-refractivity contribution in [3.05, 3.63) is 47.5 Å². The lowest BCUT2D eigenvalue weighted by Crippen LogP contribution is -2.46. The Labute approximate surface area is 114 Å². The molecule has 0 unspecified atom stereocenters. The highest BCUT2D eigenvalue weighted by Gasteiger charge is 2.14. The molecule has 0 atom stereocenters. The van der Waals surface area contributed by atoms with Crippen molar-refractivity contribution >= 4 is 23.2 Å². The van der Waals surface area contributed by atoms with Crippen LogP contribution in [0.2, 0.25) is 0 Å². The van der Waals surface area contributed by atoms with Crippen molar-refractivity contribution in [3.8, 4) is 0 Å². The highest BCUT2D eigenvalue weighted by atomic mass is 19.1. The van der Waals surface area contributed by atoms with E-state index in [4.69, 9.17) is 16.9 Å². The first-order valence-corrected chi connectivity index (χ1v) is 5.73. The summed E-state index contributed by atoms with van der Waals surface area (Å²) in [5.41, 5.74) is 11.8. The molecule has 2 rings (SSSR count). The van der Waals surface area contributed by atoms with Gasteiger partial charge in [-0.05, 0) is 24.3 Å². The molecule has 1 heterocycles. The van der Waals surface area contributed by atoms with Gasteiger partial charge in [0, 0.05) is 13.1 Å². The third kappa shape index (κ3) is 2.51. The van der Waals surface area contributed by atoms with Gasteiger partial charge < -0.3 is 10.6 Å². The van der Waals surface area contributed by atoms with Gasteiger partial charge in [-0.15, -0.1) is 0 Å². The van der Waals surface area contributed by atoms with Crippen molar-refractivity contribution in [3.63, 3.8) is 0 Å². The van der Waals surface area contributed by atoms with E-state index in [9.17, 15) is 8.78 Å². The Bertz CT molecular complexity index is 672. The fourth-order valence-electron chi connectivity index (χ4n) is 1.77. The lowest BCUT2D eigenvalue weighted by Gasteiger charge is -2.19. The minimum absolute atomic E-state index is 0.0529. The Morgan fingerprint density at radius 3 is 2.50 bits per heavy atom. The molecule has 0 fully saturated rings. The van der Waals surface area contributed by atoms with Crippen LogP contribution in [0.1, 0.15) is 5.56 Å². The van der Waals surface area contributed by atoms with Crippen LogP contribution in [0.25, 0.3) is 0 Å². The Morgan fingerprint density at radius 2 is 1.95 bits per heavy atom. The second-order valence-corrected chi connectivity index (χ2v) is 4.21. The highest BCUT2D eigenvalue weighted by Crippen LogP contribution is 2.26. The predicted molar refractivity (Wildman–Crippen MR) is 73.3 cm³/mol. The molecule has 0 spiro atoms. The molecule has 0 aliphatic carbocycles. The lowest BCUT2D eigenvalue weighted by molar-refractivity contribution is -0.114. The minimum Gasteiger partial charge on any atom is -0.383 e. The summed E-state index contributed by atoms with van der Waals surface area (Å²) in [5.74, 6) is -0.762. The Hall–Kier alpha value is -2.70. The van der Waals surface area contributed by atoms with Crippen molar-refractivity contribution in [2.24, 2.45) is 5.73 Å². The standard InChI is InChI=1S/C13H13F2N5/c1-20(10-4-2-7(14)6-9(10)15)11-5-3-8(12(16)17)13(18)19-11/h2-6H,1H3,(H3,16,17)(H2,18,19)/p+1. The lowest BCUT2D eigenvalue weighted by atomic mass is 10.2. The molecule has 0 amide bonds. The number of amidine groups is 1. The second-order valence-electron chi connectivity index (χ2n) is 4.21. The molecule has 0 saturated heterocycles. The first-order valence-electron chi connectivity index (χ1n) is 5.73. The second kappa shape index (κ2) is 5.12. The van der Waals surface area contributed by atoms with Gasteiger partial charge in [0.1, 0.15) is 28.8 Å². The van der Waals surface area contributed by atoms with Gasteiger partial charge in [-0.1, -0.05) is 0 Å². The number of halogens is 2. The van der Waals surface area contributed by atoms with Crippen molar-refractivity contribution in [2.45, 2.75) is 0 Å². The third-order valence-corrected chi connectivity index (χ3v) is 2.84. The molecule has 1 aromatic carbocycles. The van der Waals surface area contributed by atoms with Crippen LogP contribution in [0.3, 0.4) is 0 Å². The van der Waals surface area contributed by atoms with Gasteiger partial charge in [0.2, 0.25) is 0 Å². The molecule has 0 saturated carbocycles. The minimum atomic E-state index is -0.693. The molecular formula is C13H14F2N5+. The first kappa shape index (κ1) is 13.7. The maximum atomic E-state index is 13.7. The largest absolute Gasteiger partial charge is 0.383 e. The smallest absolute Gasteiger partial charge is 0.274 e. The zero-order chi connectivity index (χ0) is 14.9. The van der Waals surface area contributed by atoms with Gasteiger partial charge in [0.15, 0.2) is 0 Å². The van der Waals surface area contributed by atoms with Gasteiger partial charge in [0.25, 0.3) is 5.84 Å². The number of anilines is 3. The average Bonchev–Trinajstić information content (AvgIpc) is 2.37. The van der Waals surface area contributed by atoms with Crippen LogP contribution in [-0.4, -0.2) is 17.9 Å². The molecule has 7 heteroatoms. The van der Waals surface area contributed by atoms with E-state index < -0.39 is 11.6 Å². The maximum Gasteiger partial charge on any atom is 0.274 e. The summed E-state index contributed by atoms with van der Waals surface area (Å²) in [6.07, 6.45) is 0. The molecule has 1 aromatic heterocycles. The van der Waals surface area contributed by atoms with Crippen molar-refractivity contribution < 1.29 is 14.2 Å². The topological polar surface area (TPSA) is 93.8 Å². The molecular weight excluding hydrogens is 264 g/mol. The summed E-state index contributed by atoms with van der Waals surface area (Å²) < 4.78 is 26.6. The maximum absolute atomic E-state index is 13.7. The van der Waals surface area contributed by atoms with Crippen molar-refractivity contribution in [2.75, 3.05) is 17.7 Å². The predicted octanol–water partition coefficient (Wildman–Crippen LogP) is 0.174. The van der Waals surface area contributed by atoms with Crippen LogP contribution < -0.4 is 21.8 Å². The number of pyridine rings is 1. The van der Waals surface area contributed by atoms with Crippen molar-refractivity contribution in [1.29, 1.82) is 0 Å². The molecule has 5 nitrogen and oxygen atoms in total. The Kier molecular flexibility index (Phi) is 3.51. The Balaban J connectivity index is 2.40. The fraction of sp³-hybridized carbons (Fsp3) is 0.0769. The fourth-order valence-corrected chi connectivity index (χ4v) is 1.77. The van der Waals surface area contributed by atoms with Gasteiger partial charge in [-0.3, -0.25) is 11.1 Å². The van der Waals surface area contributed by atoms with Gasteiger partial charge >= 0.3 is 0 Å². The van der Waals surface area contributed by atoms with E-state index in [1.807, 2.05) is 0 Å². The average molecular weight is 278 g/mol. The molecule has 6 N–H and O–H groups in total. The van der Waals surface area contributed by atoms with Gasteiger partial charge in [0.05, 0.1) is 5.69 Å². The number of aromatic nitrogens is 1. The summed E-state index contributed by atoms with van der Waals surface area (Å²) in [6.45, 7) is 0. The van der Waals surface area contributed by atoms with E-state index in [0.29, 0.717) is 11.4 Å². The number of benzene rings is 1. The number of hydrogen-bond acceptors (Lipinski definition) is 3. The molecule has 104 valence electrons. The van der Waals surface area contributed by atoms with E-state index in [1.165, 1.54) is 11.0 Å². The van der Waals surface area contributed by atoms with Crippen LogP contribution in [0.5, 0.6) is 0 Å². The van der Waals surface area contributed by atoms with E-state index >= 15 is 0 Å². The normalized spacial score (nSPS) is 10.3. The quantitative estimate of drug-likeness (QED) is 0.551. The van der Waals surface area contributed by atoms with Crippen LogP contribution in [0, 0.1) is 11.6 Å². The highest BCUT2D eigenvalue weighted by molar-refractivity contribution is 5.97. The van der Waals surface area contributed by atoms with Gasteiger partial charge in [-0.25, -0.2) is 13.8 Å². The van der Waals surface area contributed by atoms with Crippen molar-refractivity contribution in [1.82, 2.24) is 4.98 Å². The molecule has 0 aliphatic rings.